The molecule has 1 rings (SSSR count). The first-order valence-corrected chi connectivity index (χ1v) is 6.35. The lowest BCUT2D eigenvalue weighted by atomic mass is 10.2. The molecular formula is C9H13F3N2O4S. The average Bonchev–Trinajstić information content (AvgIpc) is 2.65. The Kier molecular flexibility index (Phi) is 5.29. The van der Waals surface area contributed by atoms with Crippen molar-refractivity contribution in [3.8, 4) is 0 Å². The van der Waals surface area contributed by atoms with Crippen molar-refractivity contribution in [2.75, 3.05) is 18.8 Å². The molecule has 1 fully saturated rings. The van der Waals surface area contributed by atoms with Crippen molar-refractivity contribution in [1.82, 2.24) is 10.2 Å². The smallest absolute Gasteiger partial charge is 0.441 e. The summed E-state index contributed by atoms with van der Waals surface area (Å²) in [5.74, 6) is -1.61. The number of halogens is 3. The normalized spacial score (nSPS) is 23.5. The lowest BCUT2D eigenvalue weighted by Gasteiger charge is -2.21. The van der Waals surface area contributed by atoms with Gasteiger partial charge in [-0.1, -0.05) is 0 Å². The number of aliphatic hydroxyl groups is 1. The third-order valence-corrected chi connectivity index (χ3v) is 3.20. The van der Waals surface area contributed by atoms with Gasteiger partial charge in [0.1, 0.15) is 6.04 Å². The summed E-state index contributed by atoms with van der Waals surface area (Å²) in [6, 6.07) is -1.93. The first-order chi connectivity index (χ1) is 8.70. The zero-order chi connectivity index (χ0) is 14.6. The Morgan fingerprint density at radius 3 is 2.58 bits per heavy atom. The number of nitrogens with one attached hydrogen (secondary N) is 1. The van der Waals surface area contributed by atoms with Crippen LogP contribution >= 0.6 is 11.8 Å². The fourth-order valence-electron chi connectivity index (χ4n) is 1.70. The van der Waals surface area contributed by atoms with Crippen LogP contribution in [0, 0.1) is 0 Å². The molecule has 0 aromatic carbocycles. The van der Waals surface area contributed by atoms with Gasteiger partial charge < -0.3 is 20.4 Å². The van der Waals surface area contributed by atoms with Gasteiger partial charge in [0.15, 0.2) is 0 Å². The number of thioether (sulfide) groups is 1. The molecule has 1 saturated heterocycles. The Labute approximate surface area is 110 Å². The number of carboxylic acid groups (broad SMARTS) is 1. The van der Waals surface area contributed by atoms with E-state index in [4.69, 9.17) is 5.11 Å². The number of rotatable bonds is 4. The van der Waals surface area contributed by atoms with Crippen molar-refractivity contribution in [2.24, 2.45) is 0 Å². The number of β-amino-alcohol motifs (C(OH)–C–C–N with tert-alkyl or cyclic N) is 1. The SMILES string of the molecule is O=C(O)[C@@H]1C[C@@H](O)CN1C(=O)NCCSC(F)(F)F. The van der Waals surface area contributed by atoms with Gasteiger partial charge in [-0.05, 0) is 11.8 Å². The van der Waals surface area contributed by atoms with Crippen LogP contribution in [-0.2, 0) is 4.79 Å². The quantitative estimate of drug-likeness (QED) is 0.657. The number of nitrogens with zero attached hydrogens (tertiary/aromatic N) is 1. The van der Waals surface area contributed by atoms with Crippen LogP contribution < -0.4 is 5.32 Å². The maximum absolute atomic E-state index is 11.8. The molecule has 1 aliphatic heterocycles. The molecule has 3 N–H and O–H groups in total. The predicted octanol–water partition coefficient (Wildman–Crippen LogP) is 0.469. The van der Waals surface area contributed by atoms with E-state index in [9.17, 15) is 27.9 Å². The number of amides is 2. The van der Waals surface area contributed by atoms with Crippen LogP contribution in [0.5, 0.6) is 0 Å². The van der Waals surface area contributed by atoms with Gasteiger partial charge in [-0.25, -0.2) is 9.59 Å². The maximum Gasteiger partial charge on any atom is 0.441 e. The van der Waals surface area contributed by atoms with Crippen LogP contribution in [0.25, 0.3) is 0 Å². The van der Waals surface area contributed by atoms with E-state index < -0.39 is 29.7 Å². The maximum atomic E-state index is 11.8. The molecule has 0 aromatic heterocycles. The zero-order valence-electron chi connectivity index (χ0n) is 9.68. The van der Waals surface area contributed by atoms with Crippen LogP contribution in [0.4, 0.5) is 18.0 Å². The van der Waals surface area contributed by atoms with Crippen LogP contribution in [0.3, 0.4) is 0 Å². The van der Waals surface area contributed by atoms with Crippen LogP contribution in [0.1, 0.15) is 6.42 Å². The molecule has 19 heavy (non-hydrogen) atoms. The second-order valence-corrected chi connectivity index (χ2v) is 5.08. The van der Waals surface area contributed by atoms with Crippen molar-refractivity contribution in [3.05, 3.63) is 0 Å². The highest BCUT2D eigenvalue weighted by atomic mass is 32.2. The summed E-state index contributed by atoms with van der Waals surface area (Å²) < 4.78 is 35.5. The lowest BCUT2D eigenvalue weighted by molar-refractivity contribution is -0.141. The highest BCUT2D eigenvalue weighted by molar-refractivity contribution is 8.00. The topological polar surface area (TPSA) is 89.9 Å². The standard InChI is InChI=1S/C9H13F3N2O4S/c10-9(11,12)19-2-1-13-8(18)14-4-5(15)3-6(14)7(16)17/h5-6,15H,1-4H2,(H,13,18)(H,16,17)/t5-,6+/m1/s1. The van der Waals surface area contributed by atoms with Crippen LogP contribution in [0.15, 0.2) is 0 Å². The molecule has 0 saturated carbocycles. The Bertz CT molecular complexity index is 353. The van der Waals surface area contributed by atoms with Crippen molar-refractivity contribution in [1.29, 1.82) is 0 Å². The van der Waals surface area contributed by atoms with Gasteiger partial charge in [-0.3, -0.25) is 0 Å². The van der Waals surface area contributed by atoms with Gasteiger partial charge in [0.05, 0.1) is 6.10 Å². The summed E-state index contributed by atoms with van der Waals surface area (Å²) in [4.78, 5) is 23.3. The molecule has 0 radical (unpaired) electrons. The Morgan fingerprint density at radius 1 is 1.42 bits per heavy atom. The number of carbonyl (C=O) groups excluding carboxylic acids is 1. The molecule has 0 spiro atoms. The van der Waals surface area contributed by atoms with E-state index in [-0.39, 0.29) is 37.0 Å². The minimum atomic E-state index is -4.36. The minimum absolute atomic E-state index is 0.0833. The van der Waals surface area contributed by atoms with Gasteiger partial charge in [-0.15, -0.1) is 0 Å². The van der Waals surface area contributed by atoms with Gasteiger partial charge in [0, 0.05) is 25.3 Å². The number of hydrogen-bond acceptors (Lipinski definition) is 4. The molecule has 2 atom stereocenters. The second kappa shape index (κ2) is 6.33. The average molecular weight is 302 g/mol. The number of likely N-dealkylation sites (tertiary alicyclic amines) is 1. The zero-order valence-corrected chi connectivity index (χ0v) is 10.5. The molecule has 0 bridgehead atoms. The van der Waals surface area contributed by atoms with Crippen molar-refractivity contribution >= 4 is 23.8 Å². The molecule has 2 amide bonds. The van der Waals surface area contributed by atoms with Gasteiger partial charge in [0.2, 0.25) is 0 Å². The minimum Gasteiger partial charge on any atom is -0.480 e. The largest absolute Gasteiger partial charge is 0.480 e. The number of aliphatic hydroxyl groups excluding tert-OH is 1. The summed E-state index contributed by atoms with van der Waals surface area (Å²) in [5.41, 5.74) is -4.36. The van der Waals surface area contributed by atoms with E-state index in [1.54, 1.807) is 0 Å². The van der Waals surface area contributed by atoms with Crippen LogP contribution in [0.2, 0.25) is 0 Å². The predicted molar refractivity (Wildman–Crippen MR) is 60.7 cm³/mol. The molecule has 1 aliphatic rings. The molecule has 1 heterocycles. The number of urea groups is 1. The van der Waals surface area contributed by atoms with E-state index in [1.807, 2.05) is 0 Å². The third kappa shape index (κ3) is 5.15. The van der Waals surface area contributed by atoms with E-state index >= 15 is 0 Å². The highest BCUT2D eigenvalue weighted by Crippen LogP contribution is 2.29. The lowest BCUT2D eigenvalue weighted by Crippen LogP contribution is -2.46. The van der Waals surface area contributed by atoms with E-state index in [0.717, 1.165) is 4.90 Å². The number of carboxylic acids is 1. The van der Waals surface area contributed by atoms with E-state index in [2.05, 4.69) is 5.32 Å². The fraction of sp³-hybridized carbons (Fsp3) is 0.778. The van der Waals surface area contributed by atoms with Crippen molar-refractivity contribution < 1.29 is 33.0 Å². The Hall–Kier alpha value is -1.16. The number of carbonyl (C=O) groups is 2. The van der Waals surface area contributed by atoms with Crippen molar-refractivity contribution in [2.45, 2.75) is 24.1 Å². The number of aliphatic carboxylic acids is 1. The summed E-state index contributed by atoms with van der Waals surface area (Å²) in [7, 11) is 0. The summed E-state index contributed by atoms with van der Waals surface area (Å²) in [6.45, 7) is -0.378. The number of alkyl halides is 3. The molecule has 6 nitrogen and oxygen atoms in total. The molecule has 110 valence electrons. The summed E-state index contributed by atoms with van der Waals surface area (Å²) in [6.07, 6.45) is -1.02. The molecule has 0 aromatic rings. The first-order valence-electron chi connectivity index (χ1n) is 5.36. The van der Waals surface area contributed by atoms with Crippen molar-refractivity contribution in [3.63, 3.8) is 0 Å². The fourth-order valence-corrected chi connectivity index (χ4v) is 2.13. The van der Waals surface area contributed by atoms with E-state index in [0.29, 0.717) is 0 Å². The third-order valence-electron chi connectivity index (χ3n) is 2.47. The van der Waals surface area contributed by atoms with Gasteiger partial charge in [-0.2, -0.15) is 13.2 Å². The first kappa shape index (κ1) is 15.9. The highest BCUT2D eigenvalue weighted by Gasteiger charge is 2.38. The van der Waals surface area contributed by atoms with E-state index in [1.165, 1.54) is 0 Å². The Balaban J connectivity index is 2.38. The number of hydrogen-bond donors (Lipinski definition) is 3. The van der Waals surface area contributed by atoms with Crippen LogP contribution in [-0.4, -0.2) is 63.6 Å². The second-order valence-electron chi connectivity index (χ2n) is 3.92. The summed E-state index contributed by atoms with van der Waals surface area (Å²) in [5, 5.41) is 20.3. The molecule has 0 unspecified atom stereocenters. The monoisotopic (exact) mass is 302 g/mol. The molecule has 10 heteroatoms. The summed E-state index contributed by atoms with van der Waals surface area (Å²) >= 11 is -0.273. The Morgan fingerprint density at radius 2 is 2.05 bits per heavy atom. The van der Waals surface area contributed by atoms with Gasteiger partial charge >= 0.3 is 17.5 Å². The molecule has 0 aliphatic carbocycles. The van der Waals surface area contributed by atoms with Gasteiger partial charge in [0.25, 0.3) is 0 Å². The molecular weight excluding hydrogens is 289 g/mol.